The van der Waals surface area contributed by atoms with E-state index in [2.05, 4.69) is 11.4 Å². The molecule has 2 saturated heterocycles. The number of amides is 3. The van der Waals surface area contributed by atoms with Crippen molar-refractivity contribution < 1.29 is 32.3 Å². The summed E-state index contributed by atoms with van der Waals surface area (Å²) in [5, 5.41) is 14.2. The van der Waals surface area contributed by atoms with Gasteiger partial charge in [-0.25, -0.2) is 0 Å². The van der Waals surface area contributed by atoms with Crippen LogP contribution in [0.4, 0.5) is 13.2 Å². The minimum absolute atomic E-state index is 0.00434. The zero-order valence-corrected chi connectivity index (χ0v) is 20.2. The third-order valence-corrected chi connectivity index (χ3v) is 7.51. The average molecular weight is 487 g/mol. The van der Waals surface area contributed by atoms with Gasteiger partial charge in [-0.05, 0) is 35.5 Å². The second-order valence-corrected chi connectivity index (χ2v) is 11.3. The molecule has 0 bridgehead atoms. The molecule has 11 heteroatoms. The Morgan fingerprint density at radius 1 is 1.18 bits per heavy atom. The molecule has 3 rings (SSSR count). The van der Waals surface area contributed by atoms with E-state index in [1.807, 2.05) is 19.2 Å². The lowest BCUT2D eigenvalue weighted by molar-refractivity contribution is -0.176. The van der Waals surface area contributed by atoms with Crippen molar-refractivity contribution in [2.45, 2.75) is 71.8 Å². The summed E-state index contributed by atoms with van der Waals surface area (Å²) in [4.78, 5) is 39.8. The number of nitrogens with one attached hydrogen (secondary N) is 2. The van der Waals surface area contributed by atoms with Crippen LogP contribution >= 0.6 is 0 Å². The highest BCUT2D eigenvalue weighted by Crippen LogP contribution is 2.65. The molecule has 1 aliphatic carbocycles. The van der Waals surface area contributed by atoms with E-state index in [1.165, 1.54) is 4.90 Å². The van der Waals surface area contributed by atoms with Gasteiger partial charge in [-0.2, -0.15) is 18.4 Å². The van der Waals surface area contributed by atoms with Crippen LogP contribution in [0.5, 0.6) is 0 Å². The number of piperidine rings is 1. The maximum atomic E-state index is 13.5. The number of hydrogen-bond acceptors (Lipinski definition) is 5. The van der Waals surface area contributed by atoms with Crippen molar-refractivity contribution in [2.75, 3.05) is 19.8 Å². The average Bonchev–Trinajstić information content (AvgIpc) is 3.09. The summed E-state index contributed by atoms with van der Waals surface area (Å²) in [6.45, 7) is 9.77. The zero-order chi connectivity index (χ0) is 25.6. The molecule has 2 unspecified atom stereocenters. The third kappa shape index (κ3) is 5.02. The fourth-order valence-electron chi connectivity index (χ4n) is 5.36. The SMILES string of the molecule is CC(C)(C)[C@H](NC(=O)C(F)(F)F)C(=O)N1C[C@H]2[C@@H]([C@H]1C(=O)NC(C#N)C1CCCOC1)C2(C)C. The number of fused-ring (bicyclic) bond motifs is 1. The minimum Gasteiger partial charge on any atom is -0.381 e. The number of carbonyl (C=O) groups is 3. The van der Waals surface area contributed by atoms with Crippen LogP contribution in [-0.4, -0.2) is 66.7 Å². The number of nitriles is 1. The predicted molar refractivity (Wildman–Crippen MR) is 115 cm³/mol. The molecule has 3 aliphatic rings. The topological polar surface area (TPSA) is 112 Å². The second-order valence-electron chi connectivity index (χ2n) is 11.3. The van der Waals surface area contributed by atoms with Crippen molar-refractivity contribution in [1.82, 2.24) is 15.5 Å². The number of nitrogens with zero attached hydrogens (tertiary/aromatic N) is 2. The highest BCUT2D eigenvalue weighted by Gasteiger charge is 2.70. The van der Waals surface area contributed by atoms with Gasteiger partial charge < -0.3 is 20.3 Å². The number of ether oxygens (including phenoxy) is 1. The normalized spacial score (nSPS) is 29.9. The molecule has 0 radical (unpaired) electrons. The Balaban J connectivity index is 1.83. The number of halogens is 3. The van der Waals surface area contributed by atoms with Gasteiger partial charge in [0.1, 0.15) is 18.1 Å². The smallest absolute Gasteiger partial charge is 0.381 e. The van der Waals surface area contributed by atoms with Crippen LogP contribution in [0.25, 0.3) is 0 Å². The molecule has 2 aliphatic heterocycles. The number of likely N-dealkylation sites (tertiary alicyclic amines) is 1. The predicted octanol–water partition coefficient (Wildman–Crippen LogP) is 2.00. The lowest BCUT2D eigenvalue weighted by Crippen LogP contribution is -2.61. The standard InChI is InChI=1S/C23H33F3N4O4/c1-21(2,3)17(29-20(33)23(24,25)26)19(32)30-10-13-15(22(13,4)5)16(30)18(31)28-14(9-27)12-7-6-8-34-11-12/h12-17H,6-8,10-11H2,1-5H3,(H,28,31)(H,29,33)/t12?,13-,14?,15-,16-,17+/m0/s1. The monoisotopic (exact) mass is 486 g/mol. The van der Waals surface area contributed by atoms with Gasteiger partial charge >= 0.3 is 12.1 Å². The summed E-state index contributed by atoms with van der Waals surface area (Å²) in [6, 6.07) is -1.09. The number of rotatable bonds is 5. The van der Waals surface area contributed by atoms with Gasteiger partial charge in [-0.1, -0.05) is 34.6 Å². The molecule has 0 spiro atoms. The van der Waals surface area contributed by atoms with E-state index in [0.29, 0.717) is 13.2 Å². The van der Waals surface area contributed by atoms with E-state index in [9.17, 15) is 32.8 Å². The van der Waals surface area contributed by atoms with Gasteiger partial charge in [0.2, 0.25) is 11.8 Å². The van der Waals surface area contributed by atoms with Crippen LogP contribution in [-0.2, 0) is 19.1 Å². The fraction of sp³-hybridized carbons (Fsp3) is 0.826. The Bertz CT molecular complexity index is 871. The molecule has 3 fully saturated rings. The minimum atomic E-state index is -5.14. The fourth-order valence-corrected chi connectivity index (χ4v) is 5.36. The summed E-state index contributed by atoms with van der Waals surface area (Å²) in [5.41, 5.74) is -1.25. The first kappa shape index (κ1) is 26.3. The Labute approximate surface area is 197 Å². The first-order valence-electron chi connectivity index (χ1n) is 11.6. The lowest BCUT2D eigenvalue weighted by atomic mass is 9.85. The summed E-state index contributed by atoms with van der Waals surface area (Å²) in [6.07, 6.45) is -3.65. The van der Waals surface area contributed by atoms with Crippen LogP contribution in [0.15, 0.2) is 0 Å². The van der Waals surface area contributed by atoms with Crippen molar-refractivity contribution in [2.24, 2.45) is 28.6 Å². The van der Waals surface area contributed by atoms with Gasteiger partial charge in [-0.3, -0.25) is 14.4 Å². The molecular formula is C23H33F3N4O4. The zero-order valence-electron chi connectivity index (χ0n) is 20.2. The number of carbonyl (C=O) groups excluding carboxylic acids is 3. The quantitative estimate of drug-likeness (QED) is 0.618. The molecule has 0 aromatic carbocycles. The van der Waals surface area contributed by atoms with Crippen molar-refractivity contribution >= 4 is 17.7 Å². The Kier molecular flexibility index (Phi) is 6.97. The Morgan fingerprint density at radius 2 is 1.82 bits per heavy atom. The lowest BCUT2D eigenvalue weighted by Gasteiger charge is -2.38. The van der Waals surface area contributed by atoms with Crippen LogP contribution in [0.1, 0.15) is 47.5 Å². The van der Waals surface area contributed by atoms with Gasteiger partial charge in [0.05, 0.1) is 12.7 Å². The van der Waals surface area contributed by atoms with Gasteiger partial charge in [0, 0.05) is 19.1 Å². The van der Waals surface area contributed by atoms with E-state index in [0.717, 1.165) is 12.8 Å². The van der Waals surface area contributed by atoms with Crippen molar-refractivity contribution in [3.63, 3.8) is 0 Å². The van der Waals surface area contributed by atoms with Crippen molar-refractivity contribution in [3.8, 4) is 6.07 Å². The van der Waals surface area contributed by atoms with Crippen molar-refractivity contribution in [3.05, 3.63) is 0 Å². The van der Waals surface area contributed by atoms with Crippen LogP contribution < -0.4 is 10.6 Å². The Hall–Kier alpha value is -2.35. The van der Waals surface area contributed by atoms with Crippen LogP contribution in [0.2, 0.25) is 0 Å². The van der Waals surface area contributed by atoms with Gasteiger partial charge in [-0.15, -0.1) is 0 Å². The summed E-state index contributed by atoms with van der Waals surface area (Å²) < 4.78 is 44.2. The molecule has 8 nitrogen and oxygen atoms in total. The third-order valence-electron chi connectivity index (χ3n) is 7.51. The molecule has 0 aromatic heterocycles. The summed E-state index contributed by atoms with van der Waals surface area (Å²) in [5.74, 6) is -3.79. The Morgan fingerprint density at radius 3 is 2.32 bits per heavy atom. The van der Waals surface area contributed by atoms with E-state index >= 15 is 0 Å². The molecular weight excluding hydrogens is 453 g/mol. The second kappa shape index (κ2) is 9.02. The molecule has 34 heavy (non-hydrogen) atoms. The first-order valence-corrected chi connectivity index (χ1v) is 11.6. The number of alkyl halides is 3. The van der Waals surface area contributed by atoms with Crippen LogP contribution in [0, 0.1) is 39.9 Å². The van der Waals surface area contributed by atoms with Crippen LogP contribution in [0.3, 0.4) is 0 Å². The summed E-state index contributed by atoms with van der Waals surface area (Å²) in [7, 11) is 0. The molecule has 6 atom stereocenters. The first-order chi connectivity index (χ1) is 15.6. The molecule has 2 heterocycles. The van der Waals surface area contributed by atoms with Gasteiger partial charge in [0.25, 0.3) is 0 Å². The molecule has 190 valence electrons. The largest absolute Gasteiger partial charge is 0.471 e. The summed E-state index contributed by atoms with van der Waals surface area (Å²) >= 11 is 0. The van der Waals surface area contributed by atoms with Gasteiger partial charge in [0.15, 0.2) is 0 Å². The van der Waals surface area contributed by atoms with E-state index in [4.69, 9.17) is 4.74 Å². The maximum absolute atomic E-state index is 13.5. The molecule has 3 amide bonds. The highest BCUT2D eigenvalue weighted by atomic mass is 19.4. The highest BCUT2D eigenvalue weighted by molar-refractivity contribution is 5.95. The van der Waals surface area contributed by atoms with Crippen molar-refractivity contribution in [1.29, 1.82) is 5.26 Å². The maximum Gasteiger partial charge on any atom is 0.471 e. The van der Waals surface area contributed by atoms with E-state index in [-0.39, 0.29) is 29.7 Å². The molecule has 0 aromatic rings. The molecule has 1 saturated carbocycles. The molecule has 2 N–H and O–H groups in total. The van der Waals surface area contributed by atoms with E-state index in [1.54, 1.807) is 20.8 Å². The van der Waals surface area contributed by atoms with E-state index < -0.39 is 47.4 Å². The number of hydrogen-bond donors (Lipinski definition) is 2.